The standard InChI is InChI=1S/C13H9ClN4S/c14-10-3-1-9(2-4-10)7-17-18-12-11-5-6-19-13(11)16-8-15-12/h1-8H,(H,15,16,18)/b17-7-. The fourth-order valence-corrected chi connectivity index (χ4v) is 2.45. The van der Waals surface area contributed by atoms with Crippen LogP contribution in [-0.4, -0.2) is 16.2 Å². The first kappa shape index (κ1) is 12.1. The van der Waals surface area contributed by atoms with Crippen LogP contribution in [0.2, 0.25) is 5.02 Å². The minimum Gasteiger partial charge on any atom is -0.261 e. The van der Waals surface area contributed by atoms with Gasteiger partial charge in [0.2, 0.25) is 0 Å². The lowest BCUT2D eigenvalue weighted by molar-refractivity contribution is 1.19. The van der Waals surface area contributed by atoms with Gasteiger partial charge in [0.1, 0.15) is 11.2 Å². The number of halogens is 1. The van der Waals surface area contributed by atoms with E-state index < -0.39 is 0 Å². The summed E-state index contributed by atoms with van der Waals surface area (Å²) in [6.07, 6.45) is 3.25. The number of thiophene rings is 1. The Morgan fingerprint density at radius 1 is 1.16 bits per heavy atom. The number of hydrogen-bond acceptors (Lipinski definition) is 5. The van der Waals surface area contributed by atoms with Crippen molar-refractivity contribution in [1.29, 1.82) is 0 Å². The molecule has 2 heterocycles. The number of hydrogen-bond donors (Lipinski definition) is 1. The van der Waals surface area contributed by atoms with Gasteiger partial charge in [0.05, 0.1) is 11.6 Å². The monoisotopic (exact) mass is 288 g/mol. The Kier molecular flexibility index (Phi) is 3.39. The van der Waals surface area contributed by atoms with Gasteiger partial charge in [-0.2, -0.15) is 5.10 Å². The molecule has 94 valence electrons. The van der Waals surface area contributed by atoms with Gasteiger partial charge in [-0.15, -0.1) is 11.3 Å². The van der Waals surface area contributed by atoms with E-state index in [-0.39, 0.29) is 0 Å². The molecule has 2 aromatic heterocycles. The lowest BCUT2D eigenvalue weighted by atomic mass is 10.2. The van der Waals surface area contributed by atoms with Crippen molar-refractivity contribution in [3.8, 4) is 0 Å². The summed E-state index contributed by atoms with van der Waals surface area (Å²) in [6, 6.07) is 9.41. The van der Waals surface area contributed by atoms with Gasteiger partial charge in [-0.3, -0.25) is 5.43 Å². The van der Waals surface area contributed by atoms with Crippen LogP contribution in [0.15, 0.2) is 47.1 Å². The third kappa shape index (κ3) is 2.72. The molecule has 6 heteroatoms. The van der Waals surface area contributed by atoms with Gasteiger partial charge in [-0.25, -0.2) is 9.97 Å². The number of nitrogens with zero attached hydrogens (tertiary/aromatic N) is 3. The van der Waals surface area contributed by atoms with Crippen molar-refractivity contribution in [3.63, 3.8) is 0 Å². The van der Waals surface area contributed by atoms with Crippen molar-refractivity contribution in [2.75, 3.05) is 5.43 Å². The summed E-state index contributed by atoms with van der Waals surface area (Å²) in [4.78, 5) is 9.30. The summed E-state index contributed by atoms with van der Waals surface area (Å²) in [7, 11) is 0. The quantitative estimate of drug-likeness (QED) is 0.589. The van der Waals surface area contributed by atoms with E-state index in [2.05, 4.69) is 20.5 Å². The fraction of sp³-hybridized carbons (Fsp3) is 0. The van der Waals surface area contributed by atoms with Crippen molar-refractivity contribution < 1.29 is 0 Å². The second-order valence-electron chi connectivity index (χ2n) is 3.78. The Morgan fingerprint density at radius 3 is 2.84 bits per heavy atom. The summed E-state index contributed by atoms with van der Waals surface area (Å²) in [6.45, 7) is 0. The predicted molar refractivity (Wildman–Crippen MR) is 80.1 cm³/mol. The molecule has 1 N–H and O–H groups in total. The fourth-order valence-electron chi connectivity index (χ4n) is 1.60. The maximum Gasteiger partial charge on any atom is 0.158 e. The molecule has 0 amide bonds. The van der Waals surface area contributed by atoms with Crippen LogP contribution in [0.25, 0.3) is 10.2 Å². The molecule has 1 aromatic carbocycles. The number of hydrazone groups is 1. The highest BCUT2D eigenvalue weighted by molar-refractivity contribution is 7.16. The number of nitrogens with one attached hydrogen (secondary N) is 1. The highest BCUT2D eigenvalue weighted by Gasteiger charge is 2.02. The van der Waals surface area contributed by atoms with Crippen LogP contribution in [-0.2, 0) is 0 Å². The molecule has 0 radical (unpaired) electrons. The van der Waals surface area contributed by atoms with E-state index in [9.17, 15) is 0 Å². The Hall–Kier alpha value is -1.98. The normalized spacial score (nSPS) is 11.2. The van der Waals surface area contributed by atoms with Gasteiger partial charge in [-0.05, 0) is 29.1 Å². The minimum absolute atomic E-state index is 0.705. The van der Waals surface area contributed by atoms with Crippen molar-refractivity contribution in [1.82, 2.24) is 9.97 Å². The van der Waals surface area contributed by atoms with Gasteiger partial charge in [-0.1, -0.05) is 23.7 Å². The van der Waals surface area contributed by atoms with E-state index in [1.807, 2.05) is 35.7 Å². The highest BCUT2D eigenvalue weighted by atomic mass is 35.5. The molecule has 0 spiro atoms. The third-order valence-electron chi connectivity index (χ3n) is 2.52. The molecule has 0 aliphatic carbocycles. The molecule has 0 aliphatic rings. The molecule has 19 heavy (non-hydrogen) atoms. The lowest BCUT2D eigenvalue weighted by Crippen LogP contribution is -1.94. The summed E-state index contributed by atoms with van der Waals surface area (Å²) in [5.74, 6) is 0.705. The molecule has 0 fully saturated rings. The molecule has 3 aromatic rings. The van der Waals surface area contributed by atoms with Gasteiger partial charge in [0.15, 0.2) is 5.82 Å². The van der Waals surface area contributed by atoms with Crippen LogP contribution in [0.3, 0.4) is 0 Å². The van der Waals surface area contributed by atoms with Crippen LogP contribution in [0.5, 0.6) is 0 Å². The van der Waals surface area contributed by atoms with E-state index in [0.717, 1.165) is 15.8 Å². The highest BCUT2D eigenvalue weighted by Crippen LogP contribution is 2.23. The van der Waals surface area contributed by atoms with Crippen LogP contribution >= 0.6 is 22.9 Å². The zero-order valence-electron chi connectivity index (χ0n) is 9.75. The number of anilines is 1. The molecule has 4 nitrogen and oxygen atoms in total. The van der Waals surface area contributed by atoms with Gasteiger partial charge in [0, 0.05) is 5.02 Å². The first-order valence-corrected chi connectivity index (χ1v) is 6.81. The van der Waals surface area contributed by atoms with E-state index in [4.69, 9.17) is 11.6 Å². The maximum atomic E-state index is 5.82. The summed E-state index contributed by atoms with van der Waals surface area (Å²) in [5.41, 5.74) is 3.89. The average molecular weight is 289 g/mol. The van der Waals surface area contributed by atoms with Crippen LogP contribution in [0.4, 0.5) is 5.82 Å². The van der Waals surface area contributed by atoms with Crippen LogP contribution in [0, 0.1) is 0 Å². The summed E-state index contributed by atoms with van der Waals surface area (Å²) in [5, 5.41) is 7.83. The molecule has 0 atom stereocenters. The number of fused-ring (bicyclic) bond motifs is 1. The van der Waals surface area contributed by atoms with E-state index in [1.54, 1.807) is 17.6 Å². The van der Waals surface area contributed by atoms with Crippen molar-refractivity contribution in [2.24, 2.45) is 5.10 Å². The van der Waals surface area contributed by atoms with E-state index in [0.29, 0.717) is 10.8 Å². The second kappa shape index (κ2) is 5.34. The third-order valence-corrected chi connectivity index (χ3v) is 3.59. The topological polar surface area (TPSA) is 50.2 Å². The van der Waals surface area contributed by atoms with Crippen LogP contribution < -0.4 is 5.43 Å². The Balaban J connectivity index is 1.78. The molecule has 3 rings (SSSR count). The Bertz CT molecular complexity index is 721. The van der Waals surface area contributed by atoms with Gasteiger partial charge >= 0.3 is 0 Å². The number of rotatable bonds is 3. The van der Waals surface area contributed by atoms with Crippen molar-refractivity contribution in [2.45, 2.75) is 0 Å². The van der Waals surface area contributed by atoms with E-state index in [1.165, 1.54) is 6.33 Å². The van der Waals surface area contributed by atoms with E-state index >= 15 is 0 Å². The summed E-state index contributed by atoms with van der Waals surface area (Å²) >= 11 is 7.39. The molecule has 0 aliphatic heterocycles. The largest absolute Gasteiger partial charge is 0.261 e. The first-order valence-electron chi connectivity index (χ1n) is 5.56. The Labute approximate surface area is 118 Å². The zero-order chi connectivity index (χ0) is 13.1. The smallest absolute Gasteiger partial charge is 0.158 e. The minimum atomic E-state index is 0.705. The van der Waals surface area contributed by atoms with Crippen molar-refractivity contribution in [3.05, 3.63) is 52.6 Å². The second-order valence-corrected chi connectivity index (χ2v) is 5.11. The Morgan fingerprint density at radius 2 is 2.00 bits per heavy atom. The lowest BCUT2D eigenvalue weighted by Gasteiger charge is -2.00. The van der Waals surface area contributed by atoms with Gasteiger partial charge in [0.25, 0.3) is 0 Å². The summed E-state index contributed by atoms with van der Waals surface area (Å²) < 4.78 is 0. The molecule has 0 saturated carbocycles. The SMILES string of the molecule is Clc1ccc(/C=N\Nc2ncnc3sccc23)cc1. The maximum absolute atomic E-state index is 5.82. The molecule has 0 unspecified atom stereocenters. The van der Waals surface area contributed by atoms with Crippen LogP contribution in [0.1, 0.15) is 5.56 Å². The number of aromatic nitrogens is 2. The molecular weight excluding hydrogens is 280 g/mol. The van der Waals surface area contributed by atoms with Crippen molar-refractivity contribution >= 4 is 45.2 Å². The average Bonchev–Trinajstić information content (AvgIpc) is 2.90. The molecule has 0 bridgehead atoms. The zero-order valence-corrected chi connectivity index (χ0v) is 11.3. The predicted octanol–water partition coefficient (Wildman–Crippen LogP) is 3.79. The molecular formula is C13H9ClN4S. The number of benzene rings is 1. The first-order chi connectivity index (χ1) is 9.33. The molecule has 0 saturated heterocycles. The van der Waals surface area contributed by atoms with Gasteiger partial charge < -0.3 is 0 Å².